The fraction of sp³-hybridized carbons (Fsp3) is 1.00. The first-order chi connectivity index (χ1) is 8.40. The van der Waals surface area contributed by atoms with Gasteiger partial charge in [0.15, 0.2) is 0 Å². The number of piperidine rings is 1. The summed E-state index contributed by atoms with van der Waals surface area (Å²) in [5.41, 5.74) is 6.77. The maximum atomic E-state index is 6.42. The molecule has 0 amide bonds. The summed E-state index contributed by atoms with van der Waals surface area (Å²) in [6.45, 7) is 8.34. The molecule has 2 rings (SSSR count). The molecule has 1 aliphatic carbocycles. The van der Waals surface area contributed by atoms with Crippen molar-refractivity contribution in [3.8, 4) is 0 Å². The Morgan fingerprint density at radius 3 is 2.33 bits per heavy atom. The van der Waals surface area contributed by atoms with Gasteiger partial charge in [0.1, 0.15) is 0 Å². The molecule has 2 unspecified atom stereocenters. The number of likely N-dealkylation sites (tertiary alicyclic amines) is 1. The van der Waals surface area contributed by atoms with E-state index in [0.717, 1.165) is 6.04 Å². The summed E-state index contributed by atoms with van der Waals surface area (Å²) >= 11 is 0. The second kappa shape index (κ2) is 5.48. The maximum absolute atomic E-state index is 6.42. The molecule has 2 N–H and O–H groups in total. The van der Waals surface area contributed by atoms with Crippen molar-refractivity contribution in [2.45, 2.75) is 51.6 Å². The smallest absolute Gasteiger partial charge is 0.0131 e. The molecule has 2 aliphatic rings. The van der Waals surface area contributed by atoms with Crippen LogP contribution in [0.15, 0.2) is 0 Å². The van der Waals surface area contributed by atoms with Crippen LogP contribution < -0.4 is 5.73 Å². The van der Waals surface area contributed by atoms with Gasteiger partial charge in [-0.25, -0.2) is 0 Å². The first-order valence-corrected chi connectivity index (χ1v) is 7.54. The third-order valence-corrected chi connectivity index (χ3v) is 5.40. The SMILES string of the molecule is CN1CCC(N(C)CC2CCC(C)(C)C2N)CC1. The molecule has 0 spiro atoms. The van der Waals surface area contributed by atoms with E-state index in [1.165, 1.54) is 45.3 Å². The largest absolute Gasteiger partial charge is 0.327 e. The van der Waals surface area contributed by atoms with Crippen LogP contribution in [0.2, 0.25) is 0 Å². The van der Waals surface area contributed by atoms with Crippen molar-refractivity contribution in [3.63, 3.8) is 0 Å². The molecule has 1 saturated carbocycles. The quantitative estimate of drug-likeness (QED) is 0.832. The molecule has 3 heteroatoms. The summed E-state index contributed by atoms with van der Waals surface area (Å²) in [6.07, 6.45) is 5.24. The van der Waals surface area contributed by atoms with Gasteiger partial charge in [-0.2, -0.15) is 0 Å². The Bertz CT molecular complexity index is 269. The Kier molecular flexibility index (Phi) is 4.35. The fourth-order valence-electron chi connectivity index (χ4n) is 3.70. The predicted octanol–water partition coefficient (Wildman–Crippen LogP) is 1.78. The van der Waals surface area contributed by atoms with Crippen molar-refractivity contribution in [3.05, 3.63) is 0 Å². The average molecular weight is 253 g/mol. The van der Waals surface area contributed by atoms with Crippen LogP contribution in [0.4, 0.5) is 0 Å². The van der Waals surface area contributed by atoms with E-state index in [4.69, 9.17) is 5.73 Å². The lowest BCUT2D eigenvalue weighted by Gasteiger charge is -2.37. The van der Waals surface area contributed by atoms with E-state index in [0.29, 0.717) is 17.4 Å². The maximum Gasteiger partial charge on any atom is 0.0131 e. The molecule has 0 aromatic carbocycles. The number of hydrogen-bond acceptors (Lipinski definition) is 3. The molecule has 3 nitrogen and oxygen atoms in total. The monoisotopic (exact) mass is 253 g/mol. The highest BCUT2D eigenvalue weighted by molar-refractivity contribution is 4.95. The van der Waals surface area contributed by atoms with Crippen molar-refractivity contribution in [2.24, 2.45) is 17.1 Å². The van der Waals surface area contributed by atoms with E-state index in [9.17, 15) is 0 Å². The minimum Gasteiger partial charge on any atom is -0.327 e. The van der Waals surface area contributed by atoms with Crippen LogP contribution >= 0.6 is 0 Å². The highest BCUT2D eigenvalue weighted by Gasteiger charge is 2.40. The third-order valence-electron chi connectivity index (χ3n) is 5.40. The van der Waals surface area contributed by atoms with Crippen LogP contribution in [-0.4, -0.2) is 55.6 Å². The Balaban J connectivity index is 1.83. The van der Waals surface area contributed by atoms with Gasteiger partial charge in [-0.3, -0.25) is 0 Å². The third kappa shape index (κ3) is 3.06. The second-order valence-electron chi connectivity index (χ2n) is 7.29. The number of rotatable bonds is 3. The molecule has 1 saturated heterocycles. The van der Waals surface area contributed by atoms with Crippen molar-refractivity contribution < 1.29 is 0 Å². The zero-order chi connectivity index (χ0) is 13.3. The molecular weight excluding hydrogens is 222 g/mol. The molecule has 2 atom stereocenters. The topological polar surface area (TPSA) is 32.5 Å². The van der Waals surface area contributed by atoms with E-state index in [1.807, 2.05) is 0 Å². The van der Waals surface area contributed by atoms with Crippen molar-refractivity contribution in [1.29, 1.82) is 0 Å². The van der Waals surface area contributed by atoms with E-state index in [1.54, 1.807) is 0 Å². The summed E-state index contributed by atoms with van der Waals surface area (Å²) in [7, 11) is 4.53. The molecule has 1 aliphatic heterocycles. The predicted molar refractivity (Wildman–Crippen MR) is 77.6 cm³/mol. The summed E-state index contributed by atoms with van der Waals surface area (Å²) in [5.74, 6) is 0.699. The van der Waals surface area contributed by atoms with Gasteiger partial charge in [0, 0.05) is 18.6 Å². The number of nitrogens with two attached hydrogens (primary N) is 1. The van der Waals surface area contributed by atoms with Gasteiger partial charge in [0.25, 0.3) is 0 Å². The Morgan fingerprint density at radius 1 is 1.22 bits per heavy atom. The Hall–Kier alpha value is -0.120. The first kappa shape index (κ1) is 14.3. The van der Waals surface area contributed by atoms with Gasteiger partial charge in [-0.1, -0.05) is 13.8 Å². The normalized spacial score (nSPS) is 34.3. The molecule has 0 bridgehead atoms. The molecule has 18 heavy (non-hydrogen) atoms. The lowest BCUT2D eigenvalue weighted by atomic mass is 9.85. The van der Waals surface area contributed by atoms with Crippen LogP contribution in [0.25, 0.3) is 0 Å². The second-order valence-corrected chi connectivity index (χ2v) is 7.29. The van der Waals surface area contributed by atoms with E-state index < -0.39 is 0 Å². The van der Waals surface area contributed by atoms with Crippen molar-refractivity contribution in [1.82, 2.24) is 9.80 Å². The van der Waals surface area contributed by atoms with E-state index in [2.05, 4.69) is 37.7 Å². The zero-order valence-corrected chi connectivity index (χ0v) is 12.7. The molecule has 0 aromatic rings. The van der Waals surface area contributed by atoms with Gasteiger partial charge in [0.05, 0.1) is 0 Å². The van der Waals surface area contributed by atoms with Gasteiger partial charge < -0.3 is 15.5 Å². The van der Waals surface area contributed by atoms with Crippen molar-refractivity contribution >= 4 is 0 Å². The highest BCUT2D eigenvalue weighted by atomic mass is 15.2. The van der Waals surface area contributed by atoms with E-state index in [-0.39, 0.29) is 0 Å². The van der Waals surface area contributed by atoms with Crippen LogP contribution in [0.1, 0.15) is 39.5 Å². The van der Waals surface area contributed by atoms with Gasteiger partial charge >= 0.3 is 0 Å². The molecule has 0 radical (unpaired) electrons. The summed E-state index contributed by atoms with van der Waals surface area (Å²) in [6, 6.07) is 1.16. The van der Waals surface area contributed by atoms with Crippen LogP contribution in [-0.2, 0) is 0 Å². The summed E-state index contributed by atoms with van der Waals surface area (Å²) in [4.78, 5) is 5.02. The minimum absolute atomic E-state index is 0.346. The summed E-state index contributed by atoms with van der Waals surface area (Å²) in [5, 5.41) is 0. The van der Waals surface area contributed by atoms with Crippen molar-refractivity contribution in [2.75, 3.05) is 33.7 Å². The molecule has 1 heterocycles. The summed E-state index contributed by atoms with van der Waals surface area (Å²) < 4.78 is 0. The lowest BCUT2D eigenvalue weighted by Crippen LogP contribution is -2.46. The van der Waals surface area contributed by atoms with Crippen LogP contribution in [0.3, 0.4) is 0 Å². The molecule has 106 valence electrons. The van der Waals surface area contributed by atoms with Gasteiger partial charge in [-0.05, 0) is 64.2 Å². The fourth-order valence-corrected chi connectivity index (χ4v) is 3.70. The van der Waals surface area contributed by atoms with Gasteiger partial charge in [0.2, 0.25) is 0 Å². The first-order valence-electron chi connectivity index (χ1n) is 7.54. The van der Waals surface area contributed by atoms with Crippen LogP contribution in [0.5, 0.6) is 0 Å². The lowest BCUT2D eigenvalue weighted by molar-refractivity contribution is 0.123. The number of hydrogen-bond donors (Lipinski definition) is 1. The molecule has 0 aromatic heterocycles. The highest BCUT2D eigenvalue weighted by Crippen LogP contribution is 2.40. The molecular formula is C15H31N3. The standard InChI is InChI=1S/C15H31N3/c1-15(2)8-5-12(14(15)16)11-18(4)13-6-9-17(3)10-7-13/h12-14H,5-11,16H2,1-4H3. The average Bonchev–Trinajstić information content (AvgIpc) is 2.57. The Morgan fingerprint density at radius 2 is 1.83 bits per heavy atom. The molecule has 2 fully saturated rings. The van der Waals surface area contributed by atoms with Gasteiger partial charge in [-0.15, -0.1) is 0 Å². The minimum atomic E-state index is 0.346. The zero-order valence-electron chi connectivity index (χ0n) is 12.7. The van der Waals surface area contributed by atoms with Crippen LogP contribution in [0, 0.1) is 11.3 Å². The van der Waals surface area contributed by atoms with E-state index >= 15 is 0 Å². The number of nitrogens with zero attached hydrogens (tertiary/aromatic N) is 2. The Labute approximate surface area is 113 Å².